The third kappa shape index (κ3) is 33.7. The number of carboxylic acid groups (broad SMARTS) is 4. The fourth-order valence-corrected chi connectivity index (χ4v) is 12.7. The summed E-state index contributed by atoms with van der Waals surface area (Å²) in [6.07, 6.45) is 4.40. The van der Waals surface area contributed by atoms with Crippen LogP contribution in [0.4, 0.5) is 47.3 Å². The van der Waals surface area contributed by atoms with Gasteiger partial charge in [-0.3, -0.25) is 32.6 Å². The lowest BCUT2D eigenvalue weighted by Crippen LogP contribution is -2.08. The predicted molar refractivity (Wildman–Crippen MR) is 501 cm³/mol. The predicted octanol–water partition coefficient (Wildman–Crippen LogP) is 28.7. The van der Waals surface area contributed by atoms with E-state index in [1.165, 1.54) is 79.5 Å². The first kappa shape index (κ1) is 101. The summed E-state index contributed by atoms with van der Waals surface area (Å²) in [7, 11) is 0. The topological polar surface area (TPSA) is 296 Å². The molecule has 20 nitrogen and oxygen atoms in total. The van der Waals surface area contributed by atoms with E-state index in [1.54, 1.807) is 188 Å². The first-order valence-electron chi connectivity index (χ1n) is 33.9. The highest BCUT2D eigenvalue weighted by Gasteiger charge is 2.33. The molecule has 0 spiro atoms. The molecule has 0 saturated heterocycles. The lowest BCUT2D eigenvalue weighted by molar-refractivity contribution is -0.137. The highest BCUT2D eigenvalue weighted by molar-refractivity contribution is 6.42. The smallest absolute Gasteiger partial charge is 0.418 e. The van der Waals surface area contributed by atoms with E-state index in [2.05, 4.69) is 63.2 Å². The van der Waals surface area contributed by atoms with Crippen LogP contribution >= 0.6 is 151 Å². The van der Waals surface area contributed by atoms with Crippen LogP contribution in [-0.2, 0) is 6.18 Å². The minimum absolute atomic E-state index is 0. The zero-order valence-electron chi connectivity index (χ0n) is 61.3. The Labute approximate surface area is 764 Å². The van der Waals surface area contributed by atoms with Crippen molar-refractivity contribution in [1.82, 2.24) is 0 Å². The van der Waals surface area contributed by atoms with Crippen molar-refractivity contribution >= 4 is 246 Å². The Kier molecular flexibility index (Phi) is 42.9. The Hall–Kier alpha value is -11.1. The lowest BCUT2D eigenvalue weighted by atomic mass is 10.1. The van der Waals surface area contributed by atoms with Crippen LogP contribution in [0.1, 0.15) is 101 Å². The summed E-state index contributed by atoms with van der Waals surface area (Å²) in [6.45, 7) is 1.94. The molecule has 0 heterocycles. The molecule has 632 valence electrons. The standard InChI is InChI=1S/C15H13ClN2O2.C14H9Cl2F3N2.3C14H10Cl2N2O2.C13H8Cl4N2.2CH4/c1-10-6-11(8-12(16)7-10)9-17-18-14-5-3-2-4-13(14)15(19)20;15-11-5-3-6-12(16)9(11)8-20-21-13-7-2-1-4-10(13)14(17,18)19;15-12-5-2-6-13(16)11(12)8-17-18-10-4-1-3-9(7-10)14(19)20;15-11-5-3-6-12(16)10(11)8-17-18-13-7-2-1-4-9(13)14(19)20;15-12-2-1-3-13(16)11(12)8-17-18-10-6-4-9(5-7-10)14(19)20;14-8-4-9(15)6-10(5-8)19-18-7-11-12(16)2-1-3-13(11)17;;/h2-9,18H,1H3,(H,19,20);1-8,21H;3*1-8,18H,(H,19,20);1-7,19H;2*1H4/b17-9+;20-8+;3*17-8+;18-7+;;. The summed E-state index contributed by atoms with van der Waals surface area (Å²) in [5.74, 6) is -3.99. The van der Waals surface area contributed by atoms with Crippen molar-refractivity contribution in [2.24, 2.45) is 30.6 Å². The minimum atomic E-state index is -4.46. The number of benzene rings is 12. The number of alkyl halides is 3. The Balaban J connectivity index is 0.000000259. The SMILES string of the molecule is C.C.Cc1cc(Cl)cc(/C=N/Nc2ccccc2C(=O)O)c1.Clc1cc(Cl)cc(N/N=C/c2c(Cl)cccc2Cl)c1.FC(F)(F)c1ccccc1N/N=C/c1c(Cl)cccc1Cl.O=C(O)c1ccc(N/N=C/c2c(Cl)cccc2Cl)cc1.O=C(O)c1cccc(N/N=C/c2c(Cl)cccc2Cl)c1.O=C(O)c1ccccc1N/N=C/c1c(Cl)cccc1Cl. The lowest BCUT2D eigenvalue weighted by Gasteiger charge is -2.11. The largest absolute Gasteiger partial charge is 0.478 e. The van der Waals surface area contributed by atoms with Crippen molar-refractivity contribution in [1.29, 1.82) is 0 Å². The third-order valence-corrected chi connectivity index (χ3v) is 19.0. The molecule has 0 aliphatic heterocycles. The summed E-state index contributed by atoms with van der Waals surface area (Å²) < 4.78 is 38.4. The van der Waals surface area contributed by atoms with Crippen molar-refractivity contribution in [3.8, 4) is 0 Å². The maximum absolute atomic E-state index is 12.8. The Bertz CT molecular complexity index is 5640. The molecule has 0 aliphatic carbocycles. The highest BCUT2D eigenvalue weighted by Crippen LogP contribution is 2.35. The number of rotatable bonds is 22. The van der Waals surface area contributed by atoms with Gasteiger partial charge >= 0.3 is 30.1 Å². The van der Waals surface area contributed by atoms with Gasteiger partial charge < -0.3 is 20.4 Å². The van der Waals surface area contributed by atoms with Gasteiger partial charge in [0, 0.05) is 42.9 Å². The van der Waals surface area contributed by atoms with Crippen LogP contribution < -0.4 is 32.6 Å². The molecule has 0 aromatic heterocycles. The Morgan fingerprint density at radius 3 is 0.967 bits per heavy atom. The average molecular weight is 1920 g/mol. The van der Waals surface area contributed by atoms with Crippen molar-refractivity contribution < 1.29 is 52.8 Å². The van der Waals surface area contributed by atoms with Crippen LogP contribution in [0.25, 0.3) is 0 Å². The van der Waals surface area contributed by atoms with Gasteiger partial charge in [0.15, 0.2) is 0 Å². The van der Waals surface area contributed by atoms with Gasteiger partial charge in [-0.25, -0.2) is 19.2 Å². The second kappa shape index (κ2) is 51.6. The normalized spacial score (nSPS) is 10.8. The third-order valence-electron chi connectivity index (χ3n) is 15.0. The number of nitrogens with zero attached hydrogens (tertiary/aromatic N) is 6. The van der Waals surface area contributed by atoms with Crippen LogP contribution in [0.3, 0.4) is 0 Å². The molecule has 0 aliphatic rings. The zero-order chi connectivity index (χ0) is 87.4. The summed E-state index contributed by atoms with van der Waals surface area (Å²) in [4.78, 5) is 43.6. The molecule has 12 aromatic rings. The van der Waals surface area contributed by atoms with Gasteiger partial charge in [-0.2, -0.15) is 43.8 Å². The quantitative estimate of drug-likeness (QED) is 0.0223. The summed E-state index contributed by atoms with van der Waals surface area (Å²) in [5, 5.41) is 66.0. The number of aryl methyl sites for hydroxylation is 1. The van der Waals surface area contributed by atoms with E-state index in [9.17, 15) is 32.3 Å². The number of nitrogens with one attached hydrogen (secondary N) is 6. The number of hydrogen-bond donors (Lipinski definition) is 10. The van der Waals surface area contributed by atoms with Crippen LogP contribution in [0.15, 0.2) is 279 Å². The van der Waals surface area contributed by atoms with E-state index < -0.39 is 35.6 Å². The van der Waals surface area contributed by atoms with Crippen LogP contribution in [0.5, 0.6) is 0 Å². The van der Waals surface area contributed by atoms with Crippen LogP contribution in [0.2, 0.25) is 65.3 Å². The van der Waals surface area contributed by atoms with E-state index in [4.69, 9.17) is 171 Å². The Morgan fingerprint density at radius 1 is 0.295 bits per heavy atom. The summed E-state index contributed by atoms with van der Waals surface area (Å²) >= 11 is 77.6. The molecule has 122 heavy (non-hydrogen) atoms. The van der Waals surface area contributed by atoms with Crippen molar-refractivity contribution in [2.45, 2.75) is 28.0 Å². The van der Waals surface area contributed by atoms with Gasteiger partial charge in [-0.15, -0.1) is 0 Å². The van der Waals surface area contributed by atoms with E-state index in [0.29, 0.717) is 122 Å². The molecular weight excluding hydrogens is 1850 g/mol. The van der Waals surface area contributed by atoms with Crippen molar-refractivity contribution in [3.05, 3.63) is 381 Å². The van der Waals surface area contributed by atoms with Gasteiger partial charge in [0.2, 0.25) is 0 Å². The summed E-state index contributed by atoms with van der Waals surface area (Å²) in [6, 6.07) is 66.9. The van der Waals surface area contributed by atoms with Gasteiger partial charge in [-0.05, 0) is 188 Å². The Morgan fingerprint density at radius 2 is 0.607 bits per heavy atom. The fourth-order valence-electron chi connectivity index (χ4n) is 9.42. The van der Waals surface area contributed by atoms with Gasteiger partial charge in [-0.1, -0.05) is 245 Å². The molecule has 36 heteroatoms. The molecule has 0 unspecified atom stereocenters. The molecule has 12 aromatic carbocycles. The van der Waals surface area contributed by atoms with Gasteiger partial charge in [0.1, 0.15) is 0 Å². The number of carbonyl (C=O) groups is 4. The first-order valence-corrected chi connectivity index (χ1v) is 38.8. The number of anilines is 6. The fraction of sp³-hybridized carbons (Fsp3) is 0.0465. The number of hydrogen-bond acceptors (Lipinski definition) is 16. The van der Waals surface area contributed by atoms with E-state index in [-0.39, 0.29) is 42.8 Å². The van der Waals surface area contributed by atoms with Gasteiger partial charge in [0.25, 0.3) is 0 Å². The highest BCUT2D eigenvalue weighted by atomic mass is 35.5. The number of carboxylic acids is 4. The van der Waals surface area contributed by atoms with Crippen molar-refractivity contribution in [2.75, 3.05) is 32.6 Å². The molecule has 12 rings (SSSR count). The molecule has 0 atom stereocenters. The number of hydrazone groups is 6. The first-order chi connectivity index (χ1) is 57.3. The summed E-state index contributed by atoms with van der Waals surface area (Å²) in [5.41, 5.74) is 23.3. The molecule has 0 bridgehead atoms. The number of aromatic carboxylic acids is 4. The second-order valence-electron chi connectivity index (χ2n) is 23.6. The average Bonchev–Trinajstić information content (AvgIpc) is 0.828. The van der Waals surface area contributed by atoms with Crippen molar-refractivity contribution in [3.63, 3.8) is 0 Å². The van der Waals surface area contributed by atoms with Crippen LogP contribution in [0, 0.1) is 6.92 Å². The van der Waals surface area contributed by atoms with E-state index in [1.807, 2.05) is 19.1 Å². The van der Waals surface area contributed by atoms with Gasteiger partial charge in [0.05, 0.1) is 149 Å². The molecule has 0 saturated carbocycles. The van der Waals surface area contributed by atoms with Crippen LogP contribution in [-0.4, -0.2) is 81.6 Å². The number of para-hydroxylation sites is 3. The molecular formula is C86H68Cl13F3N12O8. The van der Waals surface area contributed by atoms with E-state index in [0.717, 1.165) is 17.2 Å². The zero-order valence-corrected chi connectivity index (χ0v) is 71.1. The molecule has 0 radical (unpaired) electrons. The molecule has 0 amide bonds. The monoisotopic (exact) mass is 1910 g/mol. The molecule has 0 fully saturated rings. The minimum Gasteiger partial charge on any atom is -0.478 e. The maximum atomic E-state index is 12.8. The molecule has 10 N–H and O–H groups in total. The number of halogens is 16. The second-order valence-corrected chi connectivity index (χ2v) is 29.0. The maximum Gasteiger partial charge on any atom is 0.418 e. The van der Waals surface area contributed by atoms with E-state index >= 15 is 0 Å².